The van der Waals surface area contributed by atoms with Crippen molar-refractivity contribution in [3.63, 3.8) is 0 Å². The van der Waals surface area contributed by atoms with Crippen LogP contribution >= 0.6 is 0 Å². The van der Waals surface area contributed by atoms with Crippen LogP contribution in [0.4, 0.5) is 0 Å². The fourth-order valence-corrected chi connectivity index (χ4v) is 1.70. The minimum absolute atomic E-state index is 0.0875. The molecule has 0 aliphatic heterocycles. The van der Waals surface area contributed by atoms with Crippen molar-refractivity contribution in [1.29, 1.82) is 0 Å². The van der Waals surface area contributed by atoms with Crippen LogP contribution < -0.4 is 0 Å². The molecule has 136 valence electrons. The van der Waals surface area contributed by atoms with Crippen molar-refractivity contribution in [3.8, 4) is 0 Å². The molecule has 0 aromatic rings. The molecule has 0 atom stereocenters. The normalized spacial score (nSPS) is 10.5. The molecule has 0 saturated heterocycles. The van der Waals surface area contributed by atoms with Crippen molar-refractivity contribution < 1.29 is 34.0 Å². The fraction of sp³-hybridized carbons (Fsp3) is 0.875. The maximum Gasteiger partial charge on any atom is 0.305 e. The highest BCUT2D eigenvalue weighted by Gasteiger charge is 2.05. The van der Waals surface area contributed by atoms with E-state index in [2.05, 4.69) is 0 Å². The highest BCUT2D eigenvalue weighted by Crippen LogP contribution is 2.02. The summed E-state index contributed by atoms with van der Waals surface area (Å²) in [7, 11) is 0. The van der Waals surface area contributed by atoms with Crippen LogP contribution in [0.25, 0.3) is 0 Å². The third-order valence-electron chi connectivity index (χ3n) is 2.97. The topological polar surface area (TPSA) is 102 Å². The van der Waals surface area contributed by atoms with E-state index in [0.29, 0.717) is 77.8 Å². The molecule has 0 aliphatic carbocycles. The number of rotatable bonds is 16. The molecule has 23 heavy (non-hydrogen) atoms. The Hall–Kier alpha value is -1.18. The molecule has 0 unspecified atom stereocenters. The number of unbranched alkanes of at least 4 members (excludes halogenated alkanes) is 2. The van der Waals surface area contributed by atoms with Gasteiger partial charge in [-0.1, -0.05) is 0 Å². The first-order chi connectivity index (χ1) is 11.2. The van der Waals surface area contributed by atoms with Crippen molar-refractivity contribution >= 4 is 11.9 Å². The van der Waals surface area contributed by atoms with Crippen molar-refractivity contribution in [2.75, 3.05) is 39.6 Å². The molecule has 0 spiro atoms. The van der Waals surface area contributed by atoms with Crippen LogP contribution in [-0.2, 0) is 23.8 Å². The van der Waals surface area contributed by atoms with Gasteiger partial charge in [0.2, 0.25) is 0 Å². The second-order valence-corrected chi connectivity index (χ2v) is 5.12. The zero-order valence-electron chi connectivity index (χ0n) is 13.8. The maximum atomic E-state index is 11.4. The summed E-state index contributed by atoms with van der Waals surface area (Å²) >= 11 is 0. The summed E-state index contributed by atoms with van der Waals surface area (Å²) in [6.07, 6.45) is 4.38. The van der Waals surface area contributed by atoms with E-state index in [-0.39, 0.29) is 25.2 Å². The minimum atomic E-state index is -0.262. The minimum Gasteiger partial charge on any atom is -0.466 e. The SMILES string of the molecule is O=C(CCCCO)OCCCCC(=O)OCCCOCCCO. The number of carbonyl (C=O) groups excluding carboxylic acids is 2. The van der Waals surface area contributed by atoms with Crippen molar-refractivity contribution in [3.05, 3.63) is 0 Å². The summed E-state index contributed by atoms with van der Waals surface area (Å²) in [5.41, 5.74) is 0. The fourth-order valence-electron chi connectivity index (χ4n) is 1.70. The number of hydrogen-bond acceptors (Lipinski definition) is 7. The predicted molar refractivity (Wildman–Crippen MR) is 83.8 cm³/mol. The Labute approximate surface area is 137 Å². The molecule has 7 nitrogen and oxygen atoms in total. The van der Waals surface area contributed by atoms with Gasteiger partial charge in [0.25, 0.3) is 0 Å². The zero-order chi connectivity index (χ0) is 17.2. The second kappa shape index (κ2) is 17.2. The van der Waals surface area contributed by atoms with E-state index in [1.165, 1.54) is 0 Å². The van der Waals surface area contributed by atoms with E-state index < -0.39 is 0 Å². The molecular formula is C16H30O7. The molecule has 2 N–H and O–H groups in total. The van der Waals surface area contributed by atoms with E-state index in [0.717, 1.165) is 0 Å². The van der Waals surface area contributed by atoms with Crippen LogP contribution in [-0.4, -0.2) is 61.8 Å². The number of hydrogen-bond donors (Lipinski definition) is 2. The van der Waals surface area contributed by atoms with Crippen LogP contribution in [0, 0.1) is 0 Å². The highest BCUT2D eigenvalue weighted by atomic mass is 16.5. The van der Waals surface area contributed by atoms with Gasteiger partial charge in [-0.2, -0.15) is 0 Å². The lowest BCUT2D eigenvalue weighted by atomic mass is 10.2. The molecular weight excluding hydrogens is 304 g/mol. The van der Waals surface area contributed by atoms with Gasteiger partial charge in [-0.15, -0.1) is 0 Å². The summed E-state index contributed by atoms with van der Waals surface area (Å²) in [6, 6.07) is 0. The number of esters is 2. The molecule has 0 aliphatic rings. The average molecular weight is 334 g/mol. The first-order valence-electron chi connectivity index (χ1n) is 8.31. The first kappa shape index (κ1) is 21.8. The summed E-state index contributed by atoms with van der Waals surface area (Å²) in [6.45, 7) is 1.88. The number of aliphatic hydroxyl groups excluding tert-OH is 2. The Bertz CT molecular complexity index is 294. The largest absolute Gasteiger partial charge is 0.466 e. The molecule has 0 fully saturated rings. The van der Waals surface area contributed by atoms with Gasteiger partial charge in [-0.25, -0.2) is 0 Å². The van der Waals surface area contributed by atoms with Gasteiger partial charge < -0.3 is 24.4 Å². The Morgan fingerprint density at radius 3 is 1.74 bits per heavy atom. The number of ether oxygens (including phenoxy) is 3. The van der Waals surface area contributed by atoms with Crippen molar-refractivity contribution in [2.45, 2.75) is 51.4 Å². The Balaban J connectivity index is 3.28. The first-order valence-corrected chi connectivity index (χ1v) is 8.31. The smallest absolute Gasteiger partial charge is 0.305 e. The lowest BCUT2D eigenvalue weighted by molar-refractivity contribution is -0.144. The summed E-state index contributed by atoms with van der Waals surface area (Å²) in [5.74, 6) is -0.517. The number of carbonyl (C=O) groups is 2. The lowest BCUT2D eigenvalue weighted by Crippen LogP contribution is -2.09. The van der Waals surface area contributed by atoms with Crippen LogP contribution in [0.2, 0.25) is 0 Å². The van der Waals surface area contributed by atoms with Gasteiger partial charge in [-0.3, -0.25) is 9.59 Å². The standard InChI is InChI=1S/C16H30O7/c17-9-3-1-7-15(19)22-13-4-2-8-16(20)23-14-6-12-21-11-5-10-18/h17-18H,1-14H2. The lowest BCUT2D eigenvalue weighted by Gasteiger charge is -2.06. The third-order valence-corrected chi connectivity index (χ3v) is 2.97. The molecule has 0 rings (SSSR count). The number of aliphatic hydroxyl groups is 2. The molecule has 0 saturated carbocycles. The average Bonchev–Trinajstić information content (AvgIpc) is 2.54. The second-order valence-electron chi connectivity index (χ2n) is 5.12. The molecule has 0 heterocycles. The van der Waals surface area contributed by atoms with E-state index in [1.54, 1.807) is 0 Å². The van der Waals surface area contributed by atoms with Gasteiger partial charge in [-0.05, 0) is 32.1 Å². The Morgan fingerprint density at radius 2 is 1.13 bits per heavy atom. The highest BCUT2D eigenvalue weighted by molar-refractivity contribution is 5.69. The van der Waals surface area contributed by atoms with Gasteiger partial charge in [0.1, 0.15) is 0 Å². The summed E-state index contributed by atoms with van der Waals surface area (Å²) in [5, 5.41) is 17.1. The molecule has 0 aromatic carbocycles. The molecule has 0 amide bonds. The predicted octanol–water partition coefficient (Wildman–Crippen LogP) is 1.19. The summed E-state index contributed by atoms with van der Waals surface area (Å²) < 4.78 is 15.3. The van der Waals surface area contributed by atoms with E-state index in [9.17, 15) is 9.59 Å². The van der Waals surface area contributed by atoms with Crippen LogP contribution in [0.3, 0.4) is 0 Å². The van der Waals surface area contributed by atoms with Gasteiger partial charge in [0.05, 0.1) is 13.2 Å². The molecule has 7 heteroatoms. The third kappa shape index (κ3) is 17.0. The van der Waals surface area contributed by atoms with Crippen LogP contribution in [0.5, 0.6) is 0 Å². The van der Waals surface area contributed by atoms with E-state index in [4.69, 9.17) is 24.4 Å². The Kier molecular flexibility index (Phi) is 16.3. The van der Waals surface area contributed by atoms with Crippen LogP contribution in [0.15, 0.2) is 0 Å². The Morgan fingerprint density at radius 1 is 0.609 bits per heavy atom. The van der Waals surface area contributed by atoms with Gasteiger partial charge in [0.15, 0.2) is 0 Å². The van der Waals surface area contributed by atoms with Crippen molar-refractivity contribution in [1.82, 2.24) is 0 Å². The molecule has 0 bridgehead atoms. The molecule has 0 radical (unpaired) electrons. The van der Waals surface area contributed by atoms with E-state index >= 15 is 0 Å². The van der Waals surface area contributed by atoms with Crippen LogP contribution in [0.1, 0.15) is 51.4 Å². The van der Waals surface area contributed by atoms with Gasteiger partial charge >= 0.3 is 11.9 Å². The maximum absolute atomic E-state index is 11.4. The van der Waals surface area contributed by atoms with E-state index in [1.807, 2.05) is 0 Å². The quantitative estimate of drug-likeness (QED) is 0.323. The summed E-state index contributed by atoms with van der Waals surface area (Å²) in [4.78, 5) is 22.7. The van der Waals surface area contributed by atoms with Crippen molar-refractivity contribution in [2.24, 2.45) is 0 Å². The molecule has 0 aromatic heterocycles. The zero-order valence-corrected chi connectivity index (χ0v) is 13.8. The monoisotopic (exact) mass is 334 g/mol. The van der Waals surface area contributed by atoms with Gasteiger partial charge in [0, 0.05) is 45.7 Å².